The maximum Gasteiger partial charge on any atom is 0.356 e. The summed E-state index contributed by atoms with van der Waals surface area (Å²) < 4.78 is 8.01. The molecule has 0 aliphatic carbocycles. The fourth-order valence-electron chi connectivity index (χ4n) is 1.91. The molecule has 0 saturated carbocycles. The summed E-state index contributed by atoms with van der Waals surface area (Å²) in [6.45, 7) is 5.05. The van der Waals surface area contributed by atoms with Crippen molar-refractivity contribution in [3.05, 3.63) is 35.4 Å². The molecule has 1 N–H and O–H groups in total. The summed E-state index contributed by atoms with van der Waals surface area (Å²) in [5.41, 5.74) is 1.17. The van der Waals surface area contributed by atoms with Gasteiger partial charge in [-0.1, -0.05) is 0 Å². The summed E-state index contributed by atoms with van der Waals surface area (Å²) in [7, 11) is 1.59. The molecule has 0 unspecified atom stereocenters. The van der Waals surface area contributed by atoms with E-state index in [0.29, 0.717) is 6.54 Å². The summed E-state index contributed by atoms with van der Waals surface area (Å²) in [6, 6.07) is 3.25. The number of ether oxygens (including phenoxy) is 1. The van der Waals surface area contributed by atoms with Gasteiger partial charge >= 0.3 is 5.97 Å². The number of rotatable bonds is 6. The third-order valence-electron chi connectivity index (χ3n) is 3.05. The van der Waals surface area contributed by atoms with E-state index in [4.69, 9.17) is 4.74 Å². The second-order valence-electron chi connectivity index (χ2n) is 4.60. The quantitative estimate of drug-likeness (QED) is 0.795. The van der Waals surface area contributed by atoms with Crippen LogP contribution in [-0.4, -0.2) is 38.0 Å². The van der Waals surface area contributed by atoms with Crippen LogP contribution < -0.4 is 5.32 Å². The lowest BCUT2D eigenvalue weighted by molar-refractivity contribution is 0.0513. The van der Waals surface area contributed by atoms with Gasteiger partial charge in [-0.2, -0.15) is 10.2 Å². The highest BCUT2D eigenvalue weighted by Crippen LogP contribution is 2.06. The molecule has 2 aromatic heterocycles. The Morgan fingerprint density at radius 2 is 2.09 bits per heavy atom. The van der Waals surface area contributed by atoms with Crippen molar-refractivity contribution in [3.8, 4) is 0 Å². The number of hydrogen-bond acceptors (Lipinski definition) is 5. The van der Waals surface area contributed by atoms with Crippen molar-refractivity contribution < 1.29 is 14.3 Å². The standard InChI is InChI=1S/C14H19N5O3/c1-4-19-7-6-10(16-19)9-15-13(20)11-8-12(18(3)17-11)14(21)22-5-2/h6-8H,4-5,9H2,1-3H3,(H,15,20). The summed E-state index contributed by atoms with van der Waals surface area (Å²) in [5, 5.41) is 11.0. The zero-order chi connectivity index (χ0) is 16.1. The first kappa shape index (κ1) is 15.7. The summed E-state index contributed by atoms with van der Waals surface area (Å²) in [5.74, 6) is -0.865. The molecule has 0 spiro atoms. The molecule has 2 rings (SSSR count). The maximum absolute atomic E-state index is 12.1. The molecule has 0 aromatic carbocycles. The lowest BCUT2D eigenvalue weighted by Crippen LogP contribution is -2.23. The normalized spacial score (nSPS) is 10.5. The monoisotopic (exact) mass is 305 g/mol. The minimum absolute atomic E-state index is 0.167. The molecule has 1 amide bonds. The van der Waals surface area contributed by atoms with Gasteiger partial charge in [0.25, 0.3) is 5.91 Å². The van der Waals surface area contributed by atoms with Gasteiger partial charge in [-0.05, 0) is 19.9 Å². The van der Waals surface area contributed by atoms with Gasteiger partial charge in [-0.3, -0.25) is 14.2 Å². The molecule has 8 heteroatoms. The molecule has 8 nitrogen and oxygen atoms in total. The Balaban J connectivity index is 2.00. The molecule has 0 fully saturated rings. The van der Waals surface area contributed by atoms with Gasteiger partial charge in [0.1, 0.15) is 5.69 Å². The van der Waals surface area contributed by atoms with Crippen molar-refractivity contribution in [2.24, 2.45) is 7.05 Å². The third-order valence-corrected chi connectivity index (χ3v) is 3.05. The maximum atomic E-state index is 12.1. The van der Waals surface area contributed by atoms with Crippen molar-refractivity contribution in [1.29, 1.82) is 0 Å². The number of amides is 1. The minimum atomic E-state index is -0.502. The van der Waals surface area contributed by atoms with Crippen molar-refractivity contribution in [3.63, 3.8) is 0 Å². The third kappa shape index (κ3) is 3.51. The Labute approximate surface area is 128 Å². The summed E-state index contributed by atoms with van der Waals surface area (Å²) >= 11 is 0. The van der Waals surface area contributed by atoms with E-state index >= 15 is 0 Å². The molecule has 0 aliphatic rings. The van der Waals surface area contributed by atoms with E-state index in [0.717, 1.165) is 12.2 Å². The minimum Gasteiger partial charge on any atom is -0.461 e. The molecule has 0 saturated heterocycles. The molecular weight excluding hydrogens is 286 g/mol. The Morgan fingerprint density at radius 3 is 2.73 bits per heavy atom. The van der Waals surface area contributed by atoms with Crippen LogP contribution in [0.25, 0.3) is 0 Å². The first-order chi connectivity index (χ1) is 10.5. The molecule has 118 valence electrons. The van der Waals surface area contributed by atoms with Crippen LogP contribution >= 0.6 is 0 Å². The number of aryl methyl sites for hydroxylation is 2. The molecule has 0 atom stereocenters. The van der Waals surface area contributed by atoms with Crippen molar-refractivity contribution in [1.82, 2.24) is 24.9 Å². The molecule has 0 bridgehead atoms. The van der Waals surface area contributed by atoms with Gasteiger partial charge in [-0.15, -0.1) is 0 Å². The number of esters is 1. The predicted octanol–water partition coefficient (Wildman–Crippen LogP) is 0.743. The molecule has 2 aromatic rings. The van der Waals surface area contributed by atoms with E-state index in [1.807, 2.05) is 19.2 Å². The highest BCUT2D eigenvalue weighted by molar-refractivity contribution is 5.95. The number of nitrogens with zero attached hydrogens (tertiary/aromatic N) is 4. The van der Waals surface area contributed by atoms with E-state index < -0.39 is 5.97 Å². The fraction of sp³-hybridized carbons (Fsp3) is 0.429. The molecule has 0 radical (unpaired) electrons. The van der Waals surface area contributed by atoms with E-state index in [1.54, 1.807) is 18.7 Å². The van der Waals surface area contributed by atoms with Crippen LogP contribution in [0.4, 0.5) is 0 Å². The van der Waals surface area contributed by atoms with Gasteiger partial charge in [0.15, 0.2) is 5.69 Å². The van der Waals surface area contributed by atoms with E-state index in [-0.39, 0.29) is 23.9 Å². The highest BCUT2D eigenvalue weighted by Gasteiger charge is 2.18. The summed E-state index contributed by atoms with van der Waals surface area (Å²) in [4.78, 5) is 23.8. The number of aromatic nitrogens is 4. The molecule has 2 heterocycles. The number of carbonyl (C=O) groups is 2. The lowest BCUT2D eigenvalue weighted by Gasteiger charge is -2.00. The van der Waals surface area contributed by atoms with Crippen LogP contribution in [0.2, 0.25) is 0 Å². The topological polar surface area (TPSA) is 91.0 Å². The fourth-order valence-corrected chi connectivity index (χ4v) is 1.91. The zero-order valence-corrected chi connectivity index (χ0v) is 12.9. The number of nitrogens with one attached hydrogen (secondary N) is 1. The van der Waals surface area contributed by atoms with Crippen LogP contribution in [0, 0.1) is 0 Å². The van der Waals surface area contributed by atoms with Gasteiger partial charge in [0, 0.05) is 25.9 Å². The Morgan fingerprint density at radius 1 is 1.32 bits per heavy atom. The zero-order valence-electron chi connectivity index (χ0n) is 12.9. The van der Waals surface area contributed by atoms with Gasteiger partial charge in [0.2, 0.25) is 0 Å². The largest absolute Gasteiger partial charge is 0.461 e. The average molecular weight is 305 g/mol. The number of hydrogen-bond donors (Lipinski definition) is 1. The first-order valence-corrected chi connectivity index (χ1v) is 7.06. The van der Waals surface area contributed by atoms with E-state index in [1.165, 1.54) is 10.7 Å². The van der Waals surface area contributed by atoms with Crippen LogP contribution in [0.15, 0.2) is 18.3 Å². The van der Waals surface area contributed by atoms with Gasteiger partial charge in [-0.25, -0.2) is 4.79 Å². The lowest BCUT2D eigenvalue weighted by atomic mass is 10.3. The van der Waals surface area contributed by atoms with Crippen LogP contribution in [-0.2, 0) is 24.9 Å². The second kappa shape index (κ2) is 6.88. The SMILES string of the molecule is CCOC(=O)c1cc(C(=O)NCc2ccn(CC)n2)nn1C. The molecule has 22 heavy (non-hydrogen) atoms. The van der Waals surface area contributed by atoms with E-state index in [2.05, 4.69) is 15.5 Å². The molecular formula is C14H19N5O3. The van der Waals surface area contributed by atoms with Crippen molar-refractivity contribution in [2.75, 3.05) is 6.61 Å². The smallest absolute Gasteiger partial charge is 0.356 e. The van der Waals surface area contributed by atoms with Crippen LogP contribution in [0.1, 0.15) is 40.5 Å². The van der Waals surface area contributed by atoms with Gasteiger partial charge in [0.05, 0.1) is 18.8 Å². The van der Waals surface area contributed by atoms with Crippen LogP contribution in [0.3, 0.4) is 0 Å². The first-order valence-electron chi connectivity index (χ1n) is 7.06. The Kier molecular flexibility index (Phi) is 4.92. The second-order valence-corrected chi connectivity index (χ2v) is 4.60. The average Bonchev–Trinajstić information content (AvgIpc) is 3.11. The number of carbonyl (C=O) groups excluding carboxylic acids is 2. The van der Waals surface area contributed by atoms with Gasteiger partial charge < -0.3 is 10.1 Å². The Bertz CT molecular complexity index is 674. The predicted molar refractivity (Wildman–Crippen MR) is 78.2 cm³/mol. The van der Waals surface area contributed by atoms with Crippen LogP contribution in [0.5, 0.6) is 0 Å². The Hall–Kier alpha value is -2.64. The molecule has 0 aliphatic heterocycles. The van der Waals surface area contributed by atoms with E-state index in [9.17, 15) is 9.59 Å². The summed E-state index contributed by atoms with van der Waals surface area (Å²) in [6.07, 6.45) is 1.85. The van der Waals surface area contributed by atoms with Crippen molar-refractivity contribution in [2.45, 2.75) is 26.9 Å². The van der Waals surface area contributed by atoms with Crippen molar-refractivity contribution >= 4 is 11.9 Å². The highest BCUT2D eigenvalue weighted by atomic mass is 16.5.